The molecule has 1 aliphatic heterocycles. The van der Waals surface area contributed by atoms with Crippen LogP contribution in [0.2, 0.25) is 0 Å². The summed E-state index contributed by atoms with van der Waals surface area (Å²) in [4.78, 5) is 13.1. The average molecular weight is 198 g/mol. The molecule has 0 aromatic heterocycles. The first-order valence-corrected chi connectivity index (χ1v) is 4.71. The first-order valence-electron chi connectivity index (χ1n) is 4.71. The number of halogens is 1. The highest BCUT2D eigenvalue weighted by Gasteiger charge is 2.39. The summed E-state index contributed by atoms with van der Waals surface area (Å²) in [5, 5.41) is 8.76. The zero-order chi connectivity index (χ0) is 10.9. The molecule has 1 saturated heterocycles. The molecular weight excluding hydrogens is 183 g/mol. The minimum Gasteiger partial charge on any atom is -0.323 e. The third-order valence-corrected chi connectivity index (χ3v) is 2.30. The van der Waals surface area contributed by atoms with E-state index in [1.807, 2.05) is 6.07 Å². The number of hydrogen-bond acceptors (Lipinski definition) is 2. The normalized spacial score (nSPS) is 27.5. The Bertz CT molecular complexity index is 277. The predicted molar refractivity (Wildman–Crippen MR) is 50.1 cm³/mol. The summed E-state index contributed by atoms with van der Waals surface area (Å²) >= 11 is 0. The lowest BCUT2D eigenvalue weighted by Gasteiger charge is -2.27. The van der Waals surface area contributed by atoms with Gasteiger partial charge >= 0.3 is 0 Å². The maximum atomic E-state index is 13.0. The summed E-state index contributed by atoms with van der Waals surface area (Å²) in [7, 11) is 0. The van der Waals surface area contributed by atoms with E-state index < -0.39 is 17.6 Å². The SMILES string of the molecule is CC(C)(C)C(=O)N1C[C@@H](F)C[C@H]1C#N. The first kappa shape index (κ1) is 11.0. The van der Waals surface area contributed by atoms with E-state index in [4.69, 9.17) is 5.26 Å². The minimum atomic E-state index is -1.05. The fourth-order valence-electron chi connectivity index (χ4n) is 1.56. The molecule has 0 aromatic carbocycles. The molecule has 1 amide bonds. The molecule has 1 rings (SSSR count). The highest BCUT2D eigenvalue weighted by molar-refractivity contribution is 5.82. The Labute approximate surface area is 83.5 Å². The van der Waals surface area contributed by atoms with E-state index >= 15 is 0 Å². The summed E-state index contributed by atoms with van der Waals surface area (Å²) in [5.74, 6) is -0.149. The van der Waals surface area contributed by atoms with Crippen molar-refractivity contribution in [2.24, 2.45) is 5.41 Å². The van der Waals surface area contributed by atoms with Gasteiger partial charge in [-0.05, 0) is 0 Å². The van der Waals surface area contributed by atoms with Crippen LogP contribution in [0.25, 0.3) is 0 Å². The number of amides is 1. The van der Waals surface area contributed by atoms with Crippen molar-refractivity contribution in [2.75, 3.05) is 6.54 Å². The Morgan fingerprint density at radius 1 is 1.57 bits per heavy atom. The number of carbonyl (C=O) groups excluding carboxylic acids is 1. The predicted octanol–water partition coefficient (Wildman–Crippen LogP) is 1.50. The molecule has 0 bridgehead atoms. The number of hydrogen-bond donors (Lipinski definition) is 0. The molecule has 0 aromatic rings. The van der Waals surface area contributed by atoms with Crippen LogP contribution in [0.1, 0.15) is 27.2 Å². The topological polar surface area (TPSA) is 44.1 Å². The van der Waals surface area contributed by atoms with Gasteiger partial charge in [0.05, 0.1) is 12.6 Å². The molecule has 0 spiro atoms. The van der Waals surface area contributed by atoms with E-state index in [-0.39, 0.29) is 18.9 Å². The van der Waals surface area contributed by atoms with Gasteiger partial charge in [0, 0.05) is 11.8 Å². The Hall–Kier alpha value is -1.11. The summed E-state index contributed by atoms with van der Waals surface area (Å²) in [5.41, 5.74) is -0.542. The van der Waals surface area contributed by atoms with E-state index in [0.717, 1.165) is 0 Å². The Morgan fingerprint density at radius 2 is 2.14 bits per heavy atom. The van der Waals surface area contributed by atoms with Crippen molar-refractivity contribution in [1.29, 1.82) is 5.26 Å². The van der Waals surface area contributed by atoms with Crippen LogP contribution in [0.4, 0.5) is 4.39 Å². The van der Waals surface area contributed by atoms with Crippen LogP contribution in [0.15, 0.2) is 0 Å². The van der Waals surface area contributed by atoms with Crippen molar-refractivity contribution in [3.63, 3.8) is 0 Å². The van der Waals surface area contributed by atoms with Gasteiger partial charge in [-0.2, -0.15) is 5.26 Å². The second-order valence-electron chi connectivity index (χ2n) is 4.69. The third-order valence-electron chi connectivity index (χ3n) is 2.30. The molecule has 4 heteroatoms. The van der Waals surface area contributed by atoms with Crippen LogP contribution in [0, 0.1) is 16.7 Å². The maximum absolute atomic E-state index is 13.0. The Morgan fingerprint density at radius 3 is 2.57 bits per heavy atom. The maximum Gasteiger partial charge on any atom is 0.229 e. The largest absolute Gasteiger partial charge is 0.323 e. The molecule has 14 heavy (non-hydrogen) atoms. The second kappa shape index (κ2) is 3.56. The lowest BCUT2D eigenvalue weighted by atomic mass is 9.94. The molecule has 78 valence electrons. The van der Waals surface area contributed by atoms with Crippen LogP contribution < -0.4 is 0 Å². The quantitative estimate of drug-likeness (QED) is 0.592. The van der Waals surface area contributed by atoms with Crippen molar-refractivity contribution in [3.05, 3.63) is 0 Å². The van der Waals surface area contributed by atoms with Crippen LogP contribution >= 0.6 is 0 Å². The van der Waals surface area contributed by atoms with Crippen molar-refractivity contribution in [1.82, 2.24) is 4.90 Å². The van der Waals surface area contributed by atoms with Crippen molar-refractivity contribution < 1.29 is 9.18 Å². The molecule has 0 N–H and O–H groups in total. The summed E-state index contributed by atoms with van der Waals surface area (Å²) in [6.45, 7) is 5.38. The highest BCUT2D eigenvalue weighted by Crippen LogP contribution is 2.26. The average Bonchev–Trinajstić information content (AvgIpc) is 2.43. The van der Waals surface area contributed by atoms with Gasteiger partial charge in [-0.1, -0.05) is 20.8 Å². The molecule has 1 heterocycles. The van der Waals surface area contributed by atoms with Gasteiger partial charge < -0.3 is 4.90 Å². The van der Waals surface area contributed by atoms with Crippen LogP contribution in [0.5, 0.6) is 0 Å². The Kier molecular flexibility index (Phi) is 2.79. The lowest BCUT2D eigenvalue weighted by Crippen LogP contribution is -2.42. The molecule has 0 radical (unpaired) electrons. The van der Waals surface area contributed by atoms with Gasteiger partial charge in [-0.25, -0.2) is 4.39 Å². The monoisotopic (exact) mass is 198 g/mol. The number of carbonyl (C=O) groups is 1. The second-order valence-corrected chi connectivity index (χ2v) is 4.69. The van der Waals surface area contributed by atoms with Crippen molar-refractivity contribution in [2.45, 2.75) is 39.4 Å². The van der Waals surface area contributed by atoms with E-state index in [2.05, 4.69) is 0 Å². The van der Waals surface area contributed by atoms with Gasteiger partial charge in [-0.15, -0.1) is 0 Å². The smallest absolute Gasteiger partial charge is 0.229 e. The van der Waals surface area contributed by atoms with Gasteiger partial charge in [0.1, 0.15) is 12.2 Å². The summed E-state index contributed by atoms with van der Waals surface area (Å²) < 4.78 is 13.0. The number of nitrogens with zero attached hydrogens (tertiary/aromatic N) is 2. The van der Waals surface area contributed by atoms with Gasteiger partial charge in [0.25, 0.3) is 0 Å². The Balaban J connectivity index is 2.79. The van der Waals surface area contributed by atoms with Crippen LogP contribution in [-0.4, -0.2) is 29.6 Å². The number of alkyl halides is 1. The van der Waals surface area contributed by atoms with E-state index in [0.29, 0.717) is 0 Å². The van der Waals surface area contributed by atoms with Crippen molar-refractivity contribution >= 4 is 5.91 Å². The fourth-order valence-corrected chi connectivity index (χ4v) is 1.56. The molecule has 2 atom stereocenters. The molecule has 0 aliphatic carbocycles. The molecular formula is C10H15FN2O. The molecule has 1 fully saturated rings. The van der Waals surface area contributed by atoms with E-state index in [1.165, 1.54) is 4.90 Å². The first-order chi connectivity index (χ1) is 6.36. The lowest BCUT2D eigenvalue weighted by molar-refractivity contribution is -0.139. The van der Waals surface area contributed by atoms with Crippen molar-refractivity contribution in [3.8, 4) is 6.07 Å². The molecule has 1 aliphatic rings. The van der Waals surface area contributed by atoms with Gasteiger partial charge in [0.2, 0.25) is 5.91 Å². The zero-order valence-electron chi connectivity index (χ0n) is 8.75. The molecule has 0 unspecified atom stereocenters. The minimum absolute atomic E-state index is 0.0638. The van der Waals surface area contributed by atoms with Crippen LogP contribution in [0.3, 0.4) is 0 Å². The third kappa shape index (κ3) is 2.03. The zero-order valence-corrected chi connectivity index (χ0v) is 8.75. The van der Waals surface area contributed by atoms with Gasteiger partial charge in [-0.3, -0.25) is 4.79 Å². The summed E-state index contributed by atoms with van der Waals surface area (Å²) in [6, 6.07) is 1.38. The molecule has 3 nitrogen and oxygen atoms in total. The van der Waals surface area contributed by atoms with E-state index in [9.17, 15) is 9.18 Å². The number of likely N-dealkylation sites (tertiary alicyclic amines) is 1. The fraction of sp³-hybridized carbons (Fsp3) is 0.800. The summed E-state index contributed by atoms with van der Waals surface area (Å²) in [6.07, 6.45) is -0.899. The number of nitriles is 1. The number of rotatable bonds is 0. The highest BCUT2D eigenvalue weighted by atomic mass is 19.1. The van der Waals surface area contributed by atoms with E-state index in [1.54, 1.807) is 20.8 Å². The van der Waals surface area contributed by atoms with Gasteiger partial charge in [0.15, 0.2) is 0 Å². The van der Waals surface area contributed by atoms with Crippen LogP contribution in [-0.2, 0) is 4.79 Å². The molecule has 0 saturated carbocycles. The standard InChI is InChI=1S/C10H15FN2O/c1-10(2,3)9(14)13-6-7(11)4-8(13)5-12/h7-8H,4,6H2,1-3H3/t7-,8-/m0/s1.